The minimum absolute atomic E-state index is 0.0456. The number of nitrogens with zero attached hydrogens (tertiary/aromatic N) is 2. The molecule has 0 atom stereocenters. The second kappa shape index (κ2) is 8.93. The van der Waals surface area contributed by atoms with Crippen molar-refractivity contribution in [1.29, 1.82) is 0 Å². The van der Waals surface area contributed by atoms with Gasteiger partial charge in [-0.05, 0) is 48.0 Å². The highest BCUT2D eigenvalue weighted by Gasteiger charge is 2.23. The van der Waals surface area contributed by atoms with Crippen LogP contribution in [-0.2, 0) is 9.47 Å². The molecule has 0 bridgehead atoms. The van der Waals surface area contributed by atoms with E-state index in [9.17, 15) is 9.59 Å². The topological polar surface area (TPSA) is 111 Å². The summed E-state index contributed by atoms with van der Waals surface area (Å²) in [5, 5.41) is 0. The number of amides is 2. The van der Waals surface area contributed by atoms with E-state index < -0.39 is 23.4 Å². The fraction of sp³-hybridized carbons (Fsp3) is 0.867. The van der Waals surface area contributed by atoms with Crippen LogP contribution in [0.5, 0.6) is 0 Å². The zero-order valence-electron chi connectivity index (χ0n) is 15.2. The minimum atomic E-state index is -0.579. The molecule has 0 rings (SSSR count). The van der Waals surface area contributed by atoms with Gasteiger partial charge in [0, 0.05) is 13.1 Å². The lowest BCUT2D eigenvalue weighted by molar-refractivity contribution is 0.0211. The highest BCUT2D eigenvalue weighted by Crippen LogP contribution is 2.11. The quantitative estimate of drug-likeness (QED) is 0.716. The van der Waals surface area contributed by atoms with Crippen LogP contribution < -0.4 is 11.5 Å². The Morgan fingerprint density at radius 1 is 0.783 bits per heavy atom. The third-order valence-electron chi connectivity index (χ3n) is 2.60. The molecule has 0 saturated heterocycles. The first-order chi connectivity index (χ1) is 10.4. The first kappa shape index (κ1) is 21.5. The summed E-state index contributed by atoms with van der Waals surface area (Å²) in [6, 6.07) is 0. The van der Waals surface area contributed by atoms with Gasteiger partial charge in [0.1, 0.15) is 11.2 Å². The molecule has 0 heterocycles. The Labute approximate surface area is 139 Å². The Kier molecular flexibility index (Phi) is 8.33. The second-order valence-corrected chi connectivity index (χ2v) is 7.21. The van der Waals surface area contributed by atoms with Gasteiger partial charge in [-0.1, -0.05) is 0 Å². The Morgan fingerprint density at radius 3 is 1.30 bits per heavy atom. The number of carbonyl (C=O) groups is 2. The van der Waals surface area contributed by atoms with Gasteiger partial charge in [-0.2, -0.15) is 0 Å². The van der Waals surface area contributed by atoms with Crippen molar-refractivity contribution in [3.8, 4) is 0 Å². The molecule has 8 nitrogen and oxygen atoms in total. The molecule has 136 valence electrons. The van der Waals surface area contributed by atoms with E-state index in [2.05, 4.69) is 0 Å². The Morgan fingerprint density at radius 2 is 1.09 bits per heavy atom. The van der Waals surface area contributed by atoms with E-state index in [4.69, 9.17) is 20.9 Å². The molecule has 0 aliphatic rings. The summed E-state index contributed by atoms with van der Waals surface area (Å²) in [4.78, 5) is 26.7. The zero-order valence-corrected chi connectivity index (χ0v) is 15.2. The lowest BCUT2D eigenvalue weighted by Gasteiger charge is -2.28. The van der Waals surface area contributed by atoms with Gasteiger partial charge < -0.3 is 20.9 Å². The van der Waals surface area contributed by atoms with Crippen LogP contribution in [0.15, 0.2) is 0 Å². The average Bonchev–Trinajstić information content (AvgIpc) is 2.34. The van der Waals surface area contributed by atoms with Gasteiger partial charge in [0.05, 0.1) is 13.3 Å². The Hall–Kier alpha value is -1.54. The maximum atomic E-state index is 12.0. The molecule has 4 N–H and O–H groups in total. The molecular formula is C15H32N4O4. The van der Waals surface area contributed by atoms with Gasteiger partial charge in [-0.25, -0.2) is 9.59 Å². The SMILES string of the molecule is CC(C)(C)OC(=O)N(CN)CCCN(CN)C(=O)OC(C)(C)C. The van der Waals surface area contributed by atoms with Crippen molar-refractivity contribution in [2.24, 2.45) is 11.5 Å². The molecule has 0 spiro atoms. The van der Waals surface area contributed by atoms with E-state index in [1.165, 1.54) is 9.80 Å². The van der Waals surface area contributed by atoms with Crippen LogP contribution in [0, 0.1) is 0 Å². The summed E-state index contributed by atoms with van der Waals surface area (Å²) < 4.78 is 10.5. The predicted molar refractivity (Wildman–Crippen MR) is 88.6 cm³/mol. The largest absolute Gasteiger partial charge is 0.444 e. The Balaban J connectivity index is 4.42. The van der Waals surface area contributed by atoms with Crippen LogP contribution in [0.3, 0.4) is 0 Å². The van der Waals surface area contributed by atoms with Crippen molar-refractivity contribution < 1.29 is 19.1 Å². The highest BCUT2D eigenvalue weighted by atomic mass is 16.6. The number of ether oxygens (including phenoxy) is 2. The molecule has 0 aromatic heterocycles. The van der Waals surface area contributed by atoms with E-state index >= 15 is 0 Å². The summed E-state index contributed by atoms with van der Waals surface area (Å²) in [6.07, 6.45) is -0.430. The fourth-order valence-corrected chi connectivity index (χ4v) is 1.62. The van der Waals surface area contributed by atoms with Gasteiger partial charge in [-0.3, -0.25) is 9.80 Å². The average molecular weight is 332 g/mol. The van der Waals surface area contributed by atoms with Crippen molar-refractivity contribution in [2.45, 2.75) is 59.2 Å². The molecule has 0 radical (unpaired) electrons. The molecule has 8 heteroatoms. The molecular weight excluding hydrogens is 300 g/mol. The minimum Gasteiger partial charge on any atom is -0.444 e. The van der Waals surface area contributed by atoms with Gasteiger partial charge in [0.25, 0.3) is 0 Å². The zero-order chi connectivity index (χ0) is 18.3. The third-order valence-corrected chi connectivity index (χ3v) is 2.60. The smallest absolute Gasteiger partial charge is 0.411 e. The maximum absolute atomic E-state index is 12.0. The maximum Gasteiger partial charge on any atom is 0.411 e. The first-order valence-corrected chi connectivity index (χ1v) is 7.75. The van der Waals surface area contributed by atoms with Crippen molar-refractivity contribution >= 4 is 12.2 Å². The molecule has 0 aliphatic heterocycles. The van der Waals surface area contributed by atoms with E-state index in [0.717, 1.165) is 0 Å². The van der Waals surface area contributed by atoms with Crippen LogP contribution >= 0.6 is 0 Å². The summed E-state index contributed by atoms with van der Waals surface area (Å²) in [7, 11) is 0. The van der Waals surface area contributed by atoms with E-state index in [1.54, 1.807) is 41.5 Å². The van der Waals surface area contributed by atoms with Crippen molar-refractivity contribution in [2.75, 3.05) is 26.4 Å². The fourth-order valence-electron chi connectivity index (χ4n) is 1.62. The van der Waals surface area contributed by atoms with Gasteiger partial charge >= 0.3 is 12.2 Å². The van der Waals surface area contributed by atoms with Gasteiger partial charge in [0.2, 0.25) is 0 Å². The summed E-state index contributed by atoms with van der Waals surface area (Å²) in [5.41, 5.74) is 10.0. The second-order valence-electron chi connectivity index (χ2n) is 7.21. The molecule has 0 aliphatic carbocycles. The first-order valence-electron chi connectivity index (χ1n) is 7.75. The number of carbonyl (C=O) groups excluding carboxylic acids is 2. The van der Waals surface area contributed by atoms with E-state index in [-0.39, 0.29) is 13.3 Å². The molecule has 0 aromatic rings. The number of hydrogen-bond donors (Lipinski definition) is 2. The van der Waals surface area contributed by atoms with Crippen LogP contribution in [0.25, 0.3) is 0 Å². The molecule has 23 heavy (non-hydrogen) atoms. The molecule has 2 amide bonds. The van der Waals surface area contributed by atoms with Crippen LogP contribution in [0.4, 0.5) is 9.59 Å². The van der Waals surface area contributed by atoms with Crippen LogP contribution in [0.1, 0.15) is 48.0 Å². The monoisotopic (exact) mass is 332 g/mol. The van der Waals surface area contributed by atoms with Crippen LogP contribution in [-0.4, -0.2) is 59.6 Å². The van der Waals surface area contributed by atoms with Crippen LogP contribution in [0.2, 0.25) is 0 Å². The standard InChI is InChI=1S/C15H32N4O4/c1-14(2,3)22-12(20)18(10-16)8-7-9-19(11-17)13(21)23-15(4,5)6/h7-11,16-17H2,1-6H3. The molecule has 0 fully saturated rings. The highest BCUT2D eigenvalue weighted by molar-refractivity contribution is 5.68. The predicted octanol–water partition coefficient (Wildman–Crippen LogP) is 1.68. The Bertz CT molecular complexity index is 352. The number of rotatable bonds is 6. The van der Waals surface area contributed by atoms with Crippen molar-refractivity contribution in [3.05, 3.63) is 0 Å². The lowest BCUT2D eigenvalue weighted by atomic mass is 10.2. The molecule has 0 saturated carbocycles. The molecule has 0 aromatic carbocycles. The van der Waals surface area contributed by atoms with Gasteiger partial charge in [0.15, 0.2) is 0 Å². The van der Waals surface area contributed by atoms with E-state index in [1.807, 2.05) is 0 Å². The summed E-state index contributed by atoms with van der Waals surface area (Å²) in [5.74, 6) is 0. The number of hydrogen-bond acceptors (Lipinski definition) is 6. The lowest BCUT2D eigenvalue weighted by Crippen LogP contribution is -2.43. The number of nitrogens with two attached hydrogens (primary N) is 2. The summed E-state index contributed by atoms with van der Waals surface area (Å²) >= 11 is 0. The normalized spacial score (nSPS) is 11.8. The third kappa shape index (κ3) is 9.96. The van der Waals surface area contributed by atoms with E-state index in [0.29, 0.717) is 19.5 Å². The van der Waals surface area contributed by atoms with Crippen molar-refractivity contribution in [3.63, 3.8) is 0 Å². The summed E-state index contributed by atoms with van der Waals surface area (Å²) in [6.45, 7) is 11.6. The van der Waals surface area contributed by atoms with Gasteiger partial charge in [-0.15, -0.1) is 0 Å². The molecule has 0 unspecified atom stereocenters. The van der Waals surface area contributed by atoms with Crippen molar-refractivity contribution in [1.82, 2.24) is 9.80 Å².